The van der Waals surface area contributed by atoms with Crippen LogP contribution in [0.15, 0.2) is 24.3 Å². The molecule has 1 unspecified atom stereocenters. The predicted octanol–water partition coefficient (Wildman–Crippen LogP) is 2.86. The lowest BCUT2D eigenvalue weighted by Crippen LogP contribution is -2.45. The topological polar surface area (TPSA) is 32.3 Å². The van der Waals surface area contributed by atoms with Gasteiger partial charge < -0.3 is 10.4 Å². The van der Waals surface area contributed by atoms with Gasteiger partial charge in [-0.25, -0.2) is 0 Å². The van der Waals surface area contributed by atoms with Crippen LogP contribution >= 0.6 is 0 Å². The molecule has 0 amide bonds. The maximum atomic E-state index is 10.4. The van der Waals surface area contributed by atoms with Crippen LogP contribution < -0.4 is 5.32 Å². The first kappa shape index (κ1) is 13.6. The molecule has 1 aliphatic rings. The van der Waals surface area contributed by atoms with Crippen LogP contribution in [-0.2, 0) is 6.42 Å². The number of hydrogen-bond donors (Lipinski definition) is 2. The van der Waals surface area contributed by atoms with Crippen molar-refractivity contribution in [2.24, 2.45) is 0 Å². The molecule has 2 nitrogen and oxygen atoms in total. The van der Waals surface area contributed by atoms with Gasteiger partial charge in [0.25, 0.3) is 0 Å². The molecular formula is C16H25NO. The van der Waals surface area contributed by atoms with Crippen molar-refractivity contribution in [2.45, 2.75) is 51.0 Å². The number of aliphatic hydroxyl groups is 1. The van der Waals surface area contributed by atoms with Gasteiger partial charge in [0.05, 0.1) is 5.60 Å². The monoisotopic (exact) mass is 247 g/mol. The normalized spacial score (nSPS) is 24.4. The molecule has 2 rings (SSSR count). The van der Waals surface area contributed by atoms with E-state index in [2.05, 4.69) is 43.4 Å². The minimum Gasteiger partial charge on any atom is -0.389 e. The second-order valence-corrected chi connectivity index (χ2v) is 5.90. The van der Waals surface area contributed by atoms with Gasteiger partial charge in [-0.15, -0.1) is 0 Å². The molecule has 1 aromatic carbocycles. The van der Waals surface area contributed by atoms with Crippen molar-refractivity contribution in [3.8, 4) is 0 Å². The highest BCUT2D eigenvalue weighted by molar-refractivity contribution is 5.24. The Morgan fingerprint density at radius 2 is 2.00 bits per heavy atom. The van der Waals surface area contributed by atoms with E-state index in [0.717, 1.165) is 38.8 Å². The lowest BCUT2D eigenvalue weighted by molar-refractivity contribution is 0.00888. The fourth-order valence-corrected chi connectivity index (χ4v) is 2.61. The number of hydrogen-bond acceptors (Lipinski definition) is 2. The van der Waals surface area contributed by atoms with E-state index in [4.69, 9.17) is 0 Å². The van der Waals surface area contributed by atoms with E-state index >= 15 is 0 Å². The van der Waals surface area contributed by atoms with Crippen LogP contribution in [-0.4, -0.2) is 23.8 Å². The van der Waals surface area contributed by atoms with Crippen LogP contribution in [0.1, 0.15) is 50.2 Å². The number of β-amino-alcohol motifs (C(OH)–C–C–N with tert-alkyl or cyclic N) is 1. The van der Waals surface area contributed by atoms with E-state index in [1.165, 1.54) is 11.1 Å². The zero-order valence-electron chi connectivity index (χ0n) is 11.6. The second-order valence-electron chi connectivity index (χ2n) is 5.90. The van der Waals surface area contributed by atoms with Gasteiger partial charge >= 0.3 is 0 Å². The number of aryl methyl sites for hydroxylation is 1. The van der Waals surface area contributed by atoms with E-state index in [1.807, 2.05) is 0 Å². The largest absolute Gasteiger partial charge is 0.389 e. The van der Waals surface area contributed by atoms with Crippen LogP contribution in [0, 0.1) is 0 Å². The number of rotatable bonds is 4. The molecule has 0 saturated carbocycles. The van der Waals surface area contributed by atoms with Crippen molar-refractivity contribution < 1.29 is 5.11 Å². The first-order valence-corrected chi connectivity index (χ1v) is 7.11. The highest BCUT2D eigenvalue weighted by atomic mass is 16.3. The zero-order valence-corrected chi connectivity index (χ0v) is 11.6. The van der Waals surface area contributed by atoms with Gasteiger partial charge in [0.15, 0.2) is 0 Å². The molecule has 0 aliphatic carbocycles. The summed E-state index contributed by atoms with van der Waals surface area (Å²) in [7, 11) is 0. The maximum absolute atomic E-state index is 10.4. The van der Waals surface area contributed by atoms with Crippen molar-refractivity contribution in [2.75, 3.05) is 13.1 Å². The predicted molar refractivity (Wildman–Crippen MR) is 75.9 cm³/mol. The molecule has 0 aromatic heterocycles. The van der Waals surface area contributed by atoms with E-state index in [-0.39, 0.29) is 0 Å². The first-order chi connectivity index (χ1) is 8.59. The zero-order chi connectivity index (χ0) is 13.0. The van der Waals surface area contributed by atoms with E-state index in [0.29, 0.717) is 5.92 Å². The Morgan fingerprint density at radius 1 is 1.28 bits per heavy atom. The summed E-state index contributed by atoms with van der Waals surface area (Å²) in [6.45, 7) is 6.22. The Labute approximate surface area is 110 Å². The highest BCUT2D eigenvalue weighted by Gasteiger charge is 2.28. The lowest BCUT2D eigenvalue weighted by Gasteiger charge is -2.32. The number of nitrogens with one attached hydrogen (secondary N) is 1. The van der Waals surface area contributed by atoms with Crippen LogP contribution in [0.25, 0.3) is 0 Å². The van der Waals surface area contributed by atoms with Gasteiger partial charge in [0, 0.05) is 6.54 Å². The molecule has 0 spiro atoms. The Kier molecular flexibility index (Phi) is 4.41. The molecule has 1 atom stereocenters. The van der Waals surface area contributed by atoms with Gasteiger partial charge in [-0.05, 0) is 49.3 Å². The summed E-state index contributed by atoms with van der Waals surface area (Å²) >= 11 is 0. The van der Waals surface area contributed by atoms with E-state index in [1.54, 1.807) is 0 Å². The Hall–Kier alpha value is -0.860. The fraction of sp³-hybridized carbons (Fsp3) is 0.625. The lowest BCUT2D eigenvalue weighted by atomic mass is 9.87. The van der Waals surface area contributed by atoms with E-state index in [9.17, 15) is 5.11 Å². The molecule has 1 fully saturated rings. The molecule has 18 heavy (non-hydrogen) atoms. The third-order valence-corrected chi connectivity index (χ3v) is 3.98. The molecule has 1 saturated heterocycles. The van der Waals surface area contributed by atoms with Crippen molar-refractivity contribution >= 4 is 0 Å². The quantitative estimate of drug-likeness (QED) is 0.857. The van der Waals surface area contributed by atoms with Crippen molar-refractivity contribution in [1.82, 2.24) is 5.32 Å². The molecule has 1 heterocycles. The van der Waals surface area contributed by atoms with Gasteiger partial charge in [-0.3, -0.25) is 0 Å². The van der Waals surface area contributed by atoms with Crippen LogP contribution in [0.4, 0.5) is 0 Å². The summed E-state index contributed by atoms with van der Waals surface area (Å²) < 4.78 is 0. The summed E-state index contributed by atoms with van der Waals surface area (Å²) in [4.78, 5) is 0. The fourth-order valence-electron chi connectivity index (χ4n) is 2.61. The average Bonchev–Trinajstić information content (AvgIpc) is 2.38. The van der Waals surface area contributed by atoms with Gasteiger partial charge in [0.2, 0.25) is 0 Å². The standard InChI is InChI=1S/C16H25NO/c1-13(2)15-6-4-14(5-7-15)8-10-16(18)9-3-11-17-12-16/h4-7,13,17-18H,3,8-12H2,1-2H3. The first-order valence-electron chi connectivity index (χ1n) is 7.11. The molecule has 1 aliphatic heterocycles. The number of benzene rings is 1. The SMILES string of the molecule is CC(C)c1ccc(CCC2(O)CCCNC2)cc1. The summed E-state index contributed by atoms with van der Waals surface area (Å²) in [5, 5.41) is 13.7. The minimum absolute atomic E-state index is 0.491. The van der Waals surface area contributed by atoms with Crippen LogP contribution in [0.2, 0.25) is 0 Å². The molecule has 2 heteroatoms. The Morgan fingerprint density at radius 3 is 2.56 bits per heavy atom. The molecule has 0 radical (unpaired) electrons. The van der Waals surface area contributed by atoms with Crippen molar-refractivity contribution in [3.05, 3.63) is 35.4 Å². The molecule has 2 N–H and O–H groups in total. The Bertz CT molecular complexity index is 363. The average molecular weight is 247 g/mol. The third-order valence-electron chi connectivity index (χ3n) is 3.98. The van der Waals surface area contributed by atoms with Crippen LogP contribution in [0.3, 0.4) is 0 Å². The van der Waals surface area contributed by atoms with E-state index < -0.39 is 5.60 Å². The molecule has 1 aromatic rings. The van der Waals surface area contributed by atoms with Crippen molar-refractivity contribution in [3.63, 3.8) is 0 Å². The smallest absolute Gasteiger partial charge is 0.0775 e. The summed E-state index contributed by atoms with van der Waals surface area (Å²) in [6, 6.07) is 8.83. The summed E-state index contributed by atoms with van der Waals surface area (Å²) in [6.07, 6.45) is 3.85. The third kappa shape index (κ3) is 3.56. The van der Waals surface area contributed by atoms with Gasteiger partial charge in [-0.1, -0.05) is 38.1 Å². The van der Waals surface area contributed by atoms with Crippen LogP contribution in [0.5, 0.6) is 0 Å². The molecular weight excluding hydrogens is 222 g/mol. The van der Waals surface area contributed by atoms with Crippen molar-refractivity contribution in [1.29, 1.82) is 0 Å². The van der Waals surface area contributed by atoms with Gasteiger partial charge in [0.1, 0.15) is 0 Å². The molecule has 0 bridgehead atoms. The summed E-state index contributed by atoms with van der Waals surface area (Å²) in [5.74, 6) is 0.589. The minimum atomic E-state index is -0.491. The Balaban J connectivity index is 1.89. The molecule has 100 valence electrons. The van der Waals surface area contributed by atoms with Gasteiger partial charge in [-0.2, -0.15) is 0 Å². The summed E-state index contributed by atoms with van der Waals surface area (Å²) in [5.41, 5.74) is 2.23. The number of piperidine rings is 1. The maximum Gasteiger partial charge on any atom is 0.0775 e. The second kappa shape index (κ2) is 5.85. The highest BCUT2D eigenvalue weighted by Crippen LogP contribution is 2.23.